The van der Waals surface area contributed by atoms with E-state index >= 15 is 0 Å². The van der Waals surface area contributed by atoms with Gasteiger partial charge in [-0.1, -0.05) is 25.7 Å². The van der Waals surface area contributed by atoms with Crippen LogP contribution in [-0.2, 0) is 4.74 Å². The van der Waals surface area contributed by atoms with Crippen molar-refractivity contribution in [3.63, 3.8) is 0 Å². The van der Waals surface area contributed by atoms with Crippen LogP contribution >= 0.6 is 0 Å². The molecule has 0 bridgehead atoms. The normalized spacial score (nSPS) is 28.7. The molecule has 1 aliphatic heterocycles. The minimum absolute atomic E-state index is 0.238. The predicted octanol–water partition coefficient (Wildman–Crippen LogP) is 1.55. The first-order chi connectivity index (χ1) is 7.84. The van der Waals surface area contributed by atoms with E-state index in [1.165, 1.54) is 32.1 Å². The van der Waals surface area contributed by atoms with E-state index < -0.39 is 0 Å². The molecule has 1 aliphatic carbocycles. The third kappa shape index (κ3) is 4.04. The second kappa shape index (κ2) is 6.58. The van der Waals surface area contributed by atoms with Crippen molar-refractivity contribution in [3.05, 3.63) is 0 Å². The molecule has 3 heteroatoms. The molecule has 1 heterocycles. The van der Waals surface area contributed by atoms with Crippen LogP contribution in [0.3, 0.4) is 0 Å². The summed E-state index contributed by atoms with van der Waals surface area (Å²) in [6, 6.07) is 0. The molecule has 16 heavy (non-hydrogen) atoms. The quantitative estimate of drug-likeness (QED) is 0.723. The first-order valence-electron chi connectivity index (χ1n) is 6.81. The number of aliphatic hydroxyl groups excluding tert-OH is 1. The van der Waals surface area contributed by atoms with E-state index in [1.54, 1.807) is 0 Å². The van der Waals surface area contributed by atoms with Crippen molar-refractivity contribution in [3.8, 4) is 0 Å². The number of hydrogen-bond acceptors (Lipinski definition) is 3. The van der Waals surface area contributed by atoms with Crippen molar-refractivity contribution in [1.29, 1.82) is 0 Å². The van der Waals surface area contributed by atoms with Crippen molar-refractivity contribution in [1.82, 2.24) is 5.32 Å². The fourth-order valence-corrected chi connectivity index (χ4v) is 2.93. The first kappa shape index (κ1) is 12.3. The highest BCUT2D eigenvalue weighted by molar-refractivity contribution is 4.72. The van der Waals surface area contributed by atoms with Crippen LogP contribution in [0, 0.1) is 11.8 Å². The van der Waals surface area contributed by atoms with Crippen LogP contribution in [-0.4, -0.2) is 37.5 Å². The summed E-state index contributed by atoms with van der Waals surface area (Å²) in [5.41, 5.74) is 0. The number of nitrogens with one attached hydrogen (secondary N) is 1. The van der Waals surface area contributed by atoms with Gasteiger partial charge in [0.1, 0.15) is 0 Å². The van der Waals surface area contributed by atoms with Gasteiger partial charge in [0, 0.05) is 6.54 Å². The Morgan fingerprint density at radius 1 is 1.19 bits per heavy atom. The Morgan fingerprint density at radius 3 is 2.69 bits per heavy atom. The van der Waals surface area contributed by atoms with Gasteiger partial charge in [0.2, 0.25) is 0 Å². The second-order valence-corrected chi connectivity index (χ2v) is 5.44. The SMILES string of the molecule is OC(COCC1CCNC1)CC1CCCC1. The monoisotopic (exact) mass is 227 g/mol. The summed E-state index contributed by atoms with van der Waals surface area (Å²) in [5.74, 6) is 1.42. The molecule has 0 aromatic carbocycles. The van der Waals surface area contributed by atoms with E-state index in [0.717, 1.165) is 32.0 Å². The molecule has 0 spiro atoms. The zero-order valence-corrected chi connectivity index (χ0v) is 10.2. The van der Waals surface area contributed by atoms with Gasteiger partial charge in [-0.3, -0.25) is 0 Å². The van der Waals surface area contributed by atoms with Gasteiger partial charge in [0.15, 0.2) is 0 Å². The largest absolute Gasteiger partial charge is 0.391 e. The summed E-state index contributed by atoms with van der Waals surface area (Å²) >= 11 is 0. The minimum Gasteiger partial charge on any atom is -0.391 e. The predicted molar refractivity (Wildman–Crippen MR) is 64.4 cm³/mol. The second-order valence-electron chi connectivity index (χ2n) is 5.44. The first-order valence-corrected chi connectivity index (χ1v) is 6.81. The molecule has 2 rings (SSSR count). The summed E-state index contributed by atoms with van der Waals surface area (Å²) in [4.78, 5) is 0. The van der Waals surface area contributed by atoms with Crippen molar-refractivity contribution >= 4 is 0 Å². The van der Waals surface area contributed by atoms with E-state index in [1.807, 2.05) is 0 Å². The lowest BCUT2D eigenvalue weighted by Crippen LogP contribution is -2.21. The van der Waals surface area contributed by atoms with Gasteiger partial charge in [0.25, 0.3) is 0 Å². The van der Waals surface area contributed by atoms with Crippen molar-refractivity contribution in [2.45, 2.75) is 44.6 Å². The Hall–Kier alpha value is -0.120. The highest BCUT2D eigenvalue weighted by Crippen LogP contribution is 2.28. The van der Waals surface area contributed by atoms with Gasteiger partial charge in [-0.25, -0.2) is 0 Å². The van der Waals surface area contributed by atoms with Gasteiger partial charge < -0.3 is 15.2 Å². The Labute approximate surface area is 98.6 Å². The summed E-state index contributed by atoms with van der Waals surface area (Å²) in [6.45, 7) is 3.55. The third-order valence-electron chi connectivity index (χ3n) is 3.91. The highest BCUT2D eigenvalue weighted by atomic mass is 16.5. The van der Waals surface area contributed by atoms with Crippen LogP contribution in [0.25, 0.3) is 0 Å². The molecule has 2 aliphatic rings. The van der Waals surface area contributed by atoms with Crippen LogP contribution < -0.4 is 5.32 Å². The van der Waals surface area contributed by atoms with Crippen molar-refractivity contribution < 1.29 is 9.84 Å². The van der Waals surface area contributed by atoms with Crippen LogP contribution in [0.2, 0.25) is 0 Å². The van der Waals surface area contributed by atoms with E-state index in [2.05, 4.69) is 5.32 Å². The van der Waals surface area contributed by atoms with Gasteiger partial charge in [-0.15, -0.1) is 0 Å². The lowest BCUT2D eigenvalue weighted by molar-refractivity contribution is 0.0130. The fourth-order valence-electron chi connectivity index (χ4n) is 2.93. The smallest absolute Gasteiger partial charge is 0.0776 e. The maximum absolute atomic E-state index is 9.84. The Balaban J connectivity index is 1.51. The minimum atomic E-state index is -0.238. The Morgan fingerprint density at radius 2 is 2.00 bits per heavy atom. The van der Waals surface area contributed by atoms with Crippen LogP contribution in [0.4, 0.5) is 0 Å². The van der Waals surface area contributed by atoms with E-state index in [9.17, 15) is 5.11 Å². The lowest BCUT2D eigenvalue weighted by atomic mass is 10.0. The maximum Gasteiger partial charge on any atom is 0.0776 e. The zero-order valence-electron chi connectivity index (χ0n) is 10.2. The topological polar surface area (TPSA) is 41.5 Å². The van der Waals surface area contributed by atoms with Crippen LogP contribution in [0.5, 0.6) is 0 Å². The molecule has 2 unspecified atom stereocenters. The van der Waals surface area contributed by atoms with E-state index in [0.29, 0.717) is 12.5 Å². The lowest BCUT2D eigenvalue weighted by Gasteiger charge is -2.16. The molecule has 94 valence electrons. The molecular formula is C13H25NO2. The average Bonchev–Trinajstić information content (AvgIpc) is 2.90. The molecule has 0 aromatic rings. The molecule has 3 nitrogen and oxygen atoms in total. The average molecular weight is 227 g/mol. The highest BCUT2D eigenvalue weighted by Gasteiger charge is 2.19. The summed E-state index contributed by atoms with van der Waals surface area (Å²) in [5, 5.41) is 13.2. The Bertz CT molecular complexity index is 186. The van der Waals surface area contributed by atoms with Crippen LogP contribution in [0.15, 0.2) is 0 Å². The molecule has 2 N–H and O–H groups in total. The van der Waals surface area contributed by atoms with E-state index in [4.69, 9.17) is 4.74 Å². The van der Waals surface area contributed by atoms with Crippen molar-refractivity contribution in [2.24, 2.45) is 11.8 Å². The number of hydrogen-bond donors (Lipinski definition) is 2. The number of ether oxygens (including phenoxy) is 1. The molecule has 0 radical (unpaired) electrons. The van der Waals surface area contributed by atoms with Gasteiger partial charge in [0.05, 0.1) is 19.3 Å². The molecule has 0 amide bonds. The van der Waals surface area contributed by atoms with E-state index in [-0.39, 0.29) is 6.10 Å². The molecule has 2 fully saturated rings. The van der Waals surface area contributed by atoms with Crippen molar-refractivity contribution in [2.75, 3.05) is 26.3 Å². The number of aliphatic hydroxyl groups is 1. The summed E-state index contributed by atoms with van der Waals surface area (Å²) in [6.07, 6.45) is 7.25. The van der Waals surface area contributed by atoms with Gasteiger partial charge in [-0.2, -0.15) is 0 Å². The molecular weight excluding hydrogens is 202 g/mol. The maximum atomic E-state index is 9.84. The Kier molecular flexibility index (Phi) is 5.07. The standard InChI is InChI=1S/C13H25NO2/c15-13(7-11-3-1-2-4-11)10-16-9-12-5-6-14-8-12/h11-15H,1-10H2. The van der Waals surface area contributed by atoms with Gasteiger partial charge >= 0.3 is 0 Å². The van der Waals surface area contributed by atoms with Crippen LogP contribution in [0.1, 0.15) is 38.5 Å². The third-order valence-corrected chi connectivity index (χ3v) is 3.91. The zero-order chi connectivity index (χ0) is 11.2. The fraction of sp³-hybridized carbons (Fsp3) is 1.00. The summed E-state index contributed by atoms with van der Waals surface area (Å²) < 4.78 is 5.60. The number of rotatable bonds is 6. The molecule has 0 aromatic heterocycles. The molecule has 2 atom stereocenters. The van der Waals surface area contributed by atoms with Gasteiger partial charge in [-0.05, 0) is 31.2 Å². The summed E-state index contributed by atoms with van der Waals surface area (Å²) in [7, 11) is 0. The molecule has 1 saturated carbocycles. The molecule has 1 saturated heterocycles.